The molecule has 0 aromatic carbocycles. The molecule has 4 heterocycles. The lowest BCUT2D eigenvalue weighted by Gasteiger charge is -2.47. The Balaban J connectivity index is 1.64. The minimum absolute atomic E-state index is 0.0593. The Bertz CT molecular complexity index is 908. The predicted octanol–water partition coefficient (Wildman–Crippen LogP) is -0.245. The first-order valence-corrected chi connectivity index (χ1v) is 9.58. The Morgan fingerprint density at radius 3 is 2.74 bits per heavy atom. The number of pyridine rings is 1. The highest BCUT2D eigenvalue weighted by Gasteiger charge is 2.51. The quantitative estimate of drug-likeness (QED) is 0.421. The van der Waals surface area contributed by atoms with Crippen molar-refractivity contribution in [2.45, 2.75) is 17.8 Å². The fourth-order valence-electron chi connectivity index (χ4n) is 3.53. The Morgan fingerprint density at radius 2 is 2.07 bits per heavy atom. The summed E-state index contributed by atoms with van der Waals surface area (Å²) in [6, 6.07) is 3.06. The van der Waals surface area contributed by atoms with Gasteiger partial charge in [0.2, 0.25) is 5.91 Å². The smallest absolute Gasteiger partial charge is 0.352 e. The molecule has 8 nitrogen and oxygen atoms in total. The molecule has 1 aromatic heterocycles. The monoisotopic (exact) mass is 387 g/mol. The number of aromatic nitrogens is 1. The average molecular weight is 387 g/mol. The number of hydrogen-bond donors (Lipinski definition) is 2. The summed E-state index contributed by atoms with van der Waals surface area (Å²) < 4.78 is 1.88. The number of fused-ring (bicyclic) bond motifs is 1. The SMILES string of the molecule is C[n+]1ccc(N2CC/C(=C\C3=C(C(=O)O)N4C(=O)[C@@H](N)[C@H]4SC3)C2=O)cc1. The highest BCUT2D eigenvalue weighted by molar-refractivity contribution is 8.00. The van der Waals surface area contributed by atoms with Crippen molar-refractivity contribution >= 4 is 35.2 Å². The molecule has 27 heavy (non-hydrogen) atoms. The van der Waals surface area contributed by atoms with Crippen LogP contribution in [0.25, 0.3) is 0 Å². The molecule has 4 rings (SSSR count). The number of β-lactam (4-membered cyclic amide) rings is 1. The third-order valence-electron chi connectivity index (χ3n) is 4.99. The van der Waals surface area contributed by atoms with Crippen molar-refractivity contribution in [1.29, 1.82) is 0 Å². The van der Waals surface area contributed by atoms with Gasteiger partial charge in [-0.2, -0.15) is 0 Å². The molecule has 2 saturated heterocycles. The Kier molecular flexibility index (Phi) is 4.27. The van der Waals surface area contributed by atoms with Gasteiger partial charge in [-0.25, -0.2) is 9.36 Å². The molecule has 0 spiro atoms. The molecule has 2 fully saturated rings. The van der Waals surface area contributed by atoms with Crippen LogP contribution in [0.4, 0.5) is 5.69 Å². The number of carbonyl (C=O) groups excluding carboxylic acids is 2. The maximum absolute atomic E-state index is 12.8. The van der Waals surface area contributed by atoms with Gasteiger partial charge in [0.1, 0.15) is 24.2 Å². The van der Waals surface area contributed by atoms with E-state index in [1.165, 1.54) is 16.7 Å². The largest absolute Gasteiger partial charge is 0.477 e. The first-order valence-electron chi connectivity index (χ1n) is 8.53. The van der Waals surface area contributed by atoms with Crippen molar-refractivity contribution in [3.05, 3.63) is 47.4 Å². The fourth-order valence-corrected chi connectivity index (χ4v) is 4.78. The second-order valence-electron chi connectivity index (χ2n) is 6.71. The maximum Gasteiger partial charge on any atom is 0.352 e. The van der Waals surface area contributed by atoms with E-state index in [0.29, 0.717) is 29.9 Å². The van der Waals surface area contributed by atoms with Crippen molar-refractivity contribution in [3.8, 4) is 0 Å². The lowest BCUT2D eigenvalue weighted by molar-refractivity contribution is -0.671. The number of allylic oxidation sites excluding steroid dienone is 1. The van der Waals surface area contributed by atoms with Crippen molar-refractivity contribution in [2.24, 2.45) is 12.8 Å². The molecule has 0 radical (unpaired) electrons. The number of hydrogen-bond acceptors (Lipinski definition) is 5. The third kappa shape index (κ3) is 2.83. The number of aryl methyl sites for hydroxylation is 1. The highest BCUT2D eigenvalue weighted by Crippen LogP contribution is 2.40. The molecule has 0 unspecified atom stereocenters. The van der Waals surface area contributed by atoms with Crippen LogP contribution in [0.1, 0.15) is 6.42 Å². The number of anilines is 1. The van der Waals surface area contributed by atoms with Crippen molar-refractivity contribution in [2.75, 3.05) is 17.2 Å². The third-order valence-corrected chi connectivity index (χ3v) is 6.31. The van der Waals surface area contributed by atoms with Crippen LogP contribution in [0.2, 0.25) is 0 Å². The topological polar surface area (TPSA) is 108 Å². The summed E-state index contributed by atoms with van der Waals surface area (Å²) in [5.74, 6) is -1.30. The van der Waals surface area contributed by atoms with E-state index in [2.05, 4.69) is 0 Å². The van der Waals surface area contributed by atoms with E-state index >= 15 is 0 Å². The number of nitrogens with two attached hydrogens (primary N) is 1. The maximum atomic E-state index is 12.8. The van der Waals surface area contributed by atoms with Crippen molar-refractivity contribution in [3.63, 3.8) is 0 Å². The van der Waals surface area contributed by atoms with Crippen LogP contribution in [0, 0.1) is 0 Å². The Morgan fingerprint density at radius 1 is 1.37 bits per heavy atom. The highest BCUT2D eigenvalue weighted by atomic mass is 32.2. The zero-order chi connectivity index (χ0) is 19.3. The molecule has 0 bridgehead atoms. The summed E-state index contributed by atoms with van der Waals surface area (Å²) in [6.45, 7) is 0.539. The molecular weight excluding hydrogens is 368 g/mol. The van der Waals surface area contributed by atoms with Crippen LogP contribution in [0.3, 0.4) is 0 Å². The molecular formula is C18H19N4O4S+. The Hall–Kier alpha value is -2.65. The molecule has 3 N–H and O–H groups in total. The van der Waals surface area contributed by atoms with Crippen LogP contribution in [-0.2, 0) is 21.4 Å². The number of rotatable bonds is 3. The van der Waals surface area contributed by atoms with Crippen molar-refractivity contribution in [1.82, 2.24) is 4.90 Å². The van der Waals surface area contributed by atoms with Gasteiger partial charge in [0.05, 0.1) is 5.69 Å². The summed E-state index contributed by atoms with van der Waals surface area (Å²) in [7, 11) is 1.90. The van der Waals surface area contributed by atoms with Crippen LogP contribution in [-0.4, -0.2) is 51.5 Å². The first kappa shape index (κ1) is 17.7. The molecule has 140 valence electrons. The van der Waals surface area contributed by atoms with Gasteiger partial charge in [-0.3, -0.25) is 14.5 Å². The van der Waals surface area contributed by atoms with E-state index in [1.54, 1.807) is 11.0 Å². The van der Waals surface area contributed by atoms with Gasteiger partial charge in [0.15, 0.2) is 12.4 Å². The summed E-state index contributed by atoms with van der Waals surface area (Å²) in [4.78, 5) is 39.5. The van der Waals surface area contributed by atoms with Crippen LogP contribution in [0.5, 0.6) is 0 Å². The second kappa shape index (κ2) is 6.50. The Labute approximate surface area is 159 Å². The van der Waals surface area contributed by atoms with Gasteiger partial charge in [0.25, 0.3) is 5.91 Å². The van der Waals surface area contributed by atoms with Crippen molar-refractivity contribution < 1.29 is 24.1 Å². The molecule has 0 saturated carbocycles. The van der Waals surface area contributed by atoms with Gasteiger partial charge in [0, 0.05) is 30.0 Å². The number of thioether (sulfide) groups is 1. The molecule has 9 heteroatoms. The number of carboxylic acids is 1. The summed E-state index contributed by atoms with van der Waals surface area (Å²) in [6.07, 6.45) is 5.89. The van der Waals surface area contributed by atoms with E-state index < -0.39 is 17.9 Å². The molecule has 2 atom stereocenters. The predicted molar refractivity (Wildman–Crippen MR) is 98.4 cm³/mol. The molecule has 2 amide bonds. The van der Waals surface area contributed by atoms with Gasteiger partial charge in [-0.1, -0.05) is 0 Å². The molecule has 0 aliphatic carbocycles. The fraction of sp³-hybridized carbons (Fsp3) is 0.333. The number of carboxylic acid groups (broad SMARTS) is 1. The number of aliphatic carboxylic acids is 1. The zero-order valence-corrected chi connectivity index (χ0v) is 15.5. The summed E-state index contributed by atoms with van der Waals surface area (Å²) in [5, 5.41) is 9.26. The van der Waals surface area contributed by atoms with Gasteiger partial charge in [-0.15, -0.1) is 11.8 Å². The standard InChI is InChI=1S/C18H18N4O4S/c1-20-5-3-12(4-6-20)21-7-2-10(15(21)23)8-11-9-27-17-13(19)16(24)22(17)14(11)18(25)26/h3-6,8,13,17H,2,7,9,19H2,1H3/p+1/b10-8+/t13-,17-/m1/s1. The molecule has 1 aromatic rings. The lowest BCUT2D eigenvalue weighted by Crippen LogP contribution is -2.68. The van der Waals surface area contributed by atoms with Crippen LogP contribution < -0.4 is 15.2 Å². The van der Waals surface area contributed by atoms with Gasteiger partial charge in [-0.05, 0) is 18.1 Å². The van der Waals surface area contributed by atoms with Gasteiger partial charge < -0.3 is 15.7 Å². The molecule has 3 aliphatic rings. The van der Waals surface area contributed by atoms with Crippen LogP contribution >= 0.6 is 11.8 Å². The van der Waals surface area contributed by atoms with E-state index in [-0.39, 0.29) is 17.0 Å². The minimum Gasteiger partial charge on any atom is -0.477 e. The average Bonchev–Trinajstić information content (AvgIpc) is 3.01. The zero-order valence-electron chi connectivity index (χ0n) is 14.7. The summed E-state index contributed by atoms with van der Waals surface area (Å²) in [5.41, 5.74) is 7.53. The molecule has 3 aliphatic heterocycles. The van der Waals surface area contributed by atoms with Gasteiger partial charge >= 0.3 is 5.97 Å². The van der Waals surface area contributed by atoms with E-state index in [9.17, 15) is 19.5 Å². The van der Waals surface area contributed by atoms with E-state index in [1.807, 2.05) is 36.1 Å². The van der Waals surface area contributed by atoms with Crippen LogP contribution in [0.15, 0.2) is 47.4 Å². The number of carbonyl (C=O) groups is 3. The first-order chi connectivity index (χ1) is 12.9. The normalized spacial score (nSPS) is 26.5. The number of nitrogens with zero attached hydrogens (tertiary/aromatic N) is 3. The lowest BCUT2D eigenvalue weighted by atomic mass is 10.0. The second-order valence-corrected chi connectivity index (χ2v) is 7.82. The summed E-state index contributed by atoms with van der Waals surface area (Å²) >= 11 is 1.42. The van der Waals surface area contributed by atoms with E-state index in [0.717, 1.165) is 5.69 Å². The number of amides is 2. The minimum atomic E-state index is -1.18. The van der Waals surface area contributed by atoms with E-state index in [4.69, 9.17) is 5.73 Å².